The number of halogens is 2. The number of nitrogens with zero attached hydrogens (tertiary/aromatic N) is 3. The van der Waals surface area contributed by atoms with Crippen LogP contribution in [0.15, 0.2) is 30.6 Å². The van der Waals surface area contributed by atoms with Gasteiger partial charge in [-0.2, -0.15) is 5.10 Å². The Labute approximate surface area is 94.2 Å². The van der Waals surface area contributed by atoms with Gasteiger partial charge in [0.05, 0.1) is 22.2 Å². The molecule has 0 amide bonds. The summed E-state index contributed by atoms with van der Waals surface area (Å²) in [6, 6.07) is 3.24. The fraction of sp³-hybridized carbons (Fsp3) is 0. The maximum absolute atomic E-state index is 12.9. The molecule has 0 aliphatic rings. The number of benzene rings is 1. The van der Waals surface area contributed by atoms with Gasteiger partial charge in [0.2, 0.25) is 0 Å². The molecule has 0 N–H and O–H groups in total. The molecule has 7 heteroatoms. The normalized spacial score (nSPS) is 10.4. The summed E-state index contributed by atoms with van der Waals surface area (Å²) in [5.74, 6) is -0.672. The monoisotopic (exact) mass is 241 g/mol. The van der Waals surface area contributed by atoms with Crippen LogP contribution in [0.2, 0.25) is 5.02 Å². The van der Waals surface area contributed by atoms with Crippen molar-refractivity contribution in [3.63, 3.8) is 0 Å². The second-order valence-corrected chi connectivity index (χ2v) is 3.43. The molecule has 0 saturated heterocycles. The molecule has 0 aliphatic heterocycles. The van der Waals surface area contributed by atoms with Crippen LogP contribution in [0.3, 0.4) is 0 Å². The summed E-state index contributed by atoms with van der Waals surface area (Å²) in [6.07, 6.45) is 2.75. The molecule has 0 radical (unpaired) electrons. The molecule has 5 nitrogen and oxygen atoms in total. The second-order valence-electron chi connectivity index (χ2n) is 2.99. The highest BCUT2D eigenvalue weighted by Crippen LogP contribution is 2.24. The van der Waals surface area contributed by atoms with Gasteiger partial charge in [-0.3, -0.25) is 10.1 Å². The molecule has 0 bridgehead atoms. The van der Waals surface area contributed by atoms with E-state index in [9.17, 15) is 14.5 Å². The van der Waals surface area contributed by atoms with Gasteiger partial charge in [-0.25, -0.2) is 9.07 Å². The highest BCUT2D eigenvalue weighted by molar-refractivity contribution is 6.30. The van der Waals surface area contributed by atoms with Gasteiger partial charge in [-0.05, 0) is 12.1 Å². The summed E-state index contributed by atoms with van der Waals surface area (Å²) < 4.78 is 14.1. The molecule has 82 valence electrons. The second kappa shape index (κ2) is 3.90. The van der Waals surface area contributed by atoms with Crippen molar-refractivity contribution in [3.8, 4) is 5.69 Å². The fourth-order valence-electron chi connectivity index (χ4n) is 1.27. The summed E-state index contributed by atoms with van der Waals surface area (Å²) in [5, 5.41) is 14.9. The molecule has 0 unspecified atom stereocenters. The average molecular weight is 242 g/mol. The van der Waals surface area contributed by atoms with Crippen LogP contribution in [0.25, 0.3) is 5.69 Å². The number of rotatable bonds is 2. The van der Waals surface area contributed by atoms with E-state index in [1.807, 2.05) is 0 Å². The SMILES string of the molecule is O=[N+]([O-])c1cc(F)ccc1-n1cc(Cl)cn1. The van der Waals surface area contributed by atoms with Gasteiger partial charge < -0.3 is 0 Å². The van der Waals surface area contributed by atoms with E-state index in [0.29, 0.717) is 5.02 Å². The van der Waals surface area contributed by atoms with E-state index >= 15 is 0 Å². The topological polar surface area (TPSA) is 61.0 Å². The van der Waals surface area contributed by atoms with Crippen LogP contribution in [-0.2, 0) is 0 Å². The molecule has 2 aromatic rings. The van der Waals surface area contributed by atoms with E-state index in [1.165, 1.54) is 23.1 Å². The van der Waals surface area contributed by atoms with Crippen molar-refractivity contribution in [1.29, 1.82) is 0 Å². The summed E-state index contributed by atoms with van der Waals surface area (Å²) in [6.45, 7) is 0. The van der Waals surface area contributed by atoms with Gasteiger partial charge in [0.15, 0.2) is 0 Å². The molecule has 1 aromatic heterocycles. The number of nitro benzene ring substituents is 1. The van der Waals surface area contributed by atoms with Crippen molar-refractivity contribution in [2.75, 3.05) is 0 Å². The maximum atomic E-state index is 12.9. The molecule has 1 heterocycles. The highest BCUT2D eigenvalue weighted by atomic mass is 35.5. The third-order valence-electron chi connectivity index (χ3n) is 1.93. The molecule has 16 heavy (non-hydrogen) atoms. The Morgan fingerprint density at radius 3 is 2.81 bits per heavy atom. The number of nitro groups is 1. The van der Waals surface area contributed by atoms with Gasteiger partial charge >= 0.3 is 0 Å². The zero-order valence-corrected chi connectivity index (χ0v) is 8.56. The first kappa shape index (κ1) is 10.6. The average Bonchev–Trinajstić information content (AvgIpc) is 2.64. The summed E-state index contributed by atoms with van der Waals surface area (Å²) >= 11 is 5.65. The predicted molar refractivity (Wildman–Crippen MR) is 55.2 cm³/mol. The molecule has 0 fully saturated rings. The Balaban J connectivity index is 2.60. The first-order valence-corrected chi connectivity index (χ1v) is 4.60. The third kappa shape index (κ3) is 1.87. The molecule has 0 aliphatic carbocycles. The van der Waals surface area contributed by atoms with E-state index in [1.54, 1.807) is 0 Å². The number of hydrogen-bond acceptors (Lipinski definition) is 3. The van der Waals surface area contributed by atoms with Gasteiger partial charge in [0, 0.05) is 6.20 Å². The Hall–Kier alpha value is -1.95. The van der Waals surface area contributed by atoms with Crippen molar-refractivity contribution in [1.82, 2.24) is 9.78 Å². The first-order valence-electron chi connectivity index (χ1n) is 4.22. The Bertz CT molecular complexity index is 555. The van der Waals surface area contributed by atoms with E-state index in [-0.39, 0.29) is 11.4 Å². The standard InChI is InChI=1S/C9H5ClFN3O2/c10-6-4-12-13(5-6)8-2-1-7(11)3-9(8)14(15)16/h1-5H. The molecule has 0 spiro atoms. The lowest BCUT2D eigenvalue weighted by Crippen LogP contribution is -2.00. The lowest BCUT2D eigenvalue weighted by Gasteiger charge is -2.02. The van der Waals surface area contributed by atoms with Crippen molar-refractivity contribution in [2.45, 2.75) is 0 Å². The Morgan fingerprint density at radius 2 is 2.25 bits per heavy atom. The molecular formula is C9H5ClFN3O2. The minimum absolute atomic E-state index is 0.165. The molecule has 2 rings (SSSR count). The van der Waals surface area contributed by atoms with Crippen LogP contribution in [0.1, 0.15) is 0 Å². The van der Waals surface area contributed by atoms with Crippen LogP contribution in [0, 0.1) is 15.9 Å². The van der Waals surface area contributed by atoms with Crippen LogP contribution < -0.4 is 0 Å². The highest BCUT2D eigenvalue weighted by Gasteiger charge is 2.16. The minimum atomic E-state index is -0.673. The van der Waals surface area contributed by atoms with Crippen molar-refractivity contribution in [2.24, 2.45) is 0 Å². The molecule has 0 atom stereocenters. The van der Waals surface area contributed by atoms with Crippen molar-refractivity contribution in [3.05, 3.63) is 51.5 Å². The quantitative estimate of drug-likeness (QED) is 0.600. The van der Waals surface area contributed by atoms with E-state index < -0.39 is 10.7 Å². The molecule has 1 aromatic carbocycles. The van der Waals surface area contributed by atoms with Gasteiger partial charge in [-0.15, -0.1) is 0 Å². The fourth-order valence-corrected chi connectivity index (χ4v) is 1.41. The van der Waals surface area contributed by atoms with E-state index in [0.717, 1.165) is 12.1 Å². The Kier molecular flexibility index (Phi) is 2.57. The lowest BCUT2D eigenvalue weighted by molar-refractivity contribution is -0.384. The van der Waals surface area contributed by atoms with Crippen LogP contribution in [0.5, 0.6) is 0 Å². The summed E-state index contributed by atoms with van der Waals surface area (Å²) in [7, 11) is 0. The van der Waals surface area contributed by atoms with Crippen LogP contribution >= 0.6 is 11.6 Å². The zero-order valence-electron chi connectivity index (χ0n) is 7.80. The van der Waals surface area contributed by atoms with Gasteiger partial charge in [0.1, 0.15) is 11.5 Å². The predicted octanol–water partition coefficient (Wildman–Crippen LogP) is 2.57. The number of hydrogen-bond donors (Lipinski definition) is 0. The molecule has 0 saturated carbocycles. The van der Waals surface area contributed by atoms with Crippen LogP contribution in [0.4, 0.5) is 10.1 Å². The zero-order chi connectivity index (χ0) is 11.7. The summed E-state index contributed by atoms with van der Waals surface area (Å²) in [4.78, 5) is 10.0. The third-order valence-corrected chi connectivity index (χ3v) is 2.13. The van der Waals surface area contributed by atoms with Gasteiger partial charge in [-0.1, -0.05) is 11.6 Å². The van der Waals surface area contributed by atoms with E-state index in [4.69, 9.17) is 11.6 Å². The number of aromatic nitrogens is 2. The van der Waals surface area contributed by atoms with Crippen LogP contribution in [-0.4, -0.2) is 14.7 Å². The molecular weight excluding hydrogens is 237 g/mol. The summed E-state index contributed by atoms with van der Waals surface area (Å²) in [5.41, 5.74) is -0.196. The van der Waals surface area contributed by atoms with Gasteiger partial charge in [0.25, 0.3) is 5.69 Å². The minimum Gasteiger partial charge on any atom is -0.258 e. The van der Waals surface area contributed by atoms with Crippen molar-refractivity contribution >= 4 is 17.3 Å². The lowest BCUT2D eigenvalue weighted by atomic mass is 10.2. The smallest absolute Gasteiger partial charge is 0.258 e. The van der Waals surface area contributed by atoms with Crippen molar-refractivity contribution < 1.29 is 9.31 Å². The first-order chi connectivity index (χ1) is 7.58. The Morgan fingerprint density at radius 1 is 1.50 bits per heavy atom. The largest absolute Gasteiger partial charge is 0.297 e. The van der Waals surface area contributed by atoms with E-state index in [2.05, 4.69) is 5.10 Å². The maximum Gasteiger partial charge on any atom is 0.297 e.